The third kappa shape index (κ3) is 7.74. The summed E-state index contributed by atoms with van der Waals surface area (Å²) in [5, 5.41) is 15.6. The fourth-order valence-corrected chi connectivity index (χ4v) is 8.95. The van der Waals surface area contributed by atoms with Crippen molar-refractivity contribution in [1.82, 2.24) is 5.32 Å². The molecule has 0 saturated heterocycles. The Labute approximate surface area is 219 Å². The topological polar surface area (TPSA) is 92.7 Å². The van der Waals surface area contributed by atoms with E-state index in [4.69, 9.17) is 9.84 Å². The zero-order valence-corrected chi connectivity index (χ0v) is 22.1. The summed E-state index contributed by atoms with van der Waals surface area (Å²) >= 11 is 0. The number of carbonyl (C=O) groups is 3. The molecule has 0 bridgehead atoms. The second kappa shape index (κ2) is 14.3. The largest absolute Gasteiger partial charge is 0.481 e. The number of nitrogens with one attached hydrogen (secondary N) is 1. The zero-order valence-electron chi connectivity index (χ0n) is 21.2. The molecular formula is C30H35NO5P+. The van der Waals surface area contributed by atoms with Gasteiger partial charge in [-0.05, 0) is 62.6 Å². The van der Waals surface area contributed by atoms with E-state index in [0.717, 1.165) is 12.6 Å². The van der Waals surface area contributed by atoms with Gasteiger partial charge in [0.2, 0.25) is 5.91 Å². The highest BCUT2D eigenvalue weighted by molar-refractivity contribution is 7.95. The quantitative estimate of drug-likeness (QED) is 0.190. The summed E-state index contributed by atoms with van der Waals surface area (Å²) in [6.07, 6.45) is 2.40. The number of unbranched alkanes of at least 4 members (excludes halogenated alkanes) is 1. The van der Waals surface area contributed by atoms with E-state index in [1.807, 2.05) is 18.2 Å². The van der Waals surface area contributed by atoms with Crippen molar-refractivity contribution in [3.63, 3.8) is 0 Å². The first-order valence-corrected chi connectivity index (χ1v) is 14.7. The number of hydrogen-bond donors (Lipinski definition) is 2. The summed E-state index contributed by atoms with van der Waals surface area (Å²) in [5.41, 5.74) is 0. The van der Waals surface area contributed by atoms with Gasteiger partial charge >= 0.3 is 11.9 Å². The van der Waals surface area contributed by atoms with E-state index in [9.17, 15) is 14.4 Å². The molecule has 0 spiro atoms. The monoisotopic (exact) mass is 520 g/mol. The Morgan fingerprint density at radius 2 is 1.27 bits per heavy atom. The zero-order chi connectivity index (χ0) is 26.5. The molecule has 1 atom stereocenters. The van der Waals surface area contributed by atoms with Crippen molar-refractivity contribution in [2.75, 3.05) is 12.8 Å². The van der Waals surface area contributed by atoms with Crippen molar-refractivity contribution in [2.24, 2.45) is 0 Å². The number of carboxylic acid groups (broad SMARTS) is 1. The maximum atomic E-state index is 12.7. The number of hydrogen-bond acceptors (Lipinski definition) is 4. The molecule has 0 aliphatic heterocycles. The first kappa shape index (κ1) is 28.1. The first-order chi connectivity index (χ1) is 18.0. The molecule has 0 fully saturated rings. The second-order valence-corrected chi connectivity index (χ2v) is 12.4. The van der Waals surface area contributed by atoms with Crippen LogP contribution in [0.1, 0.15) is 39.0 Å². The molecule has 3 rings (SSSR count). The number of esters is 1. The van der Waals surface area contributed by atoms with Gasteiger partial charge in [-0.15, -0.1) is 0 Å². The van der Waals surface area contributed by atoms with Gasteiger partial charge in [0.15, 0.2) is 0 Å². The van der Waals surface area contributed by atoms with E-state index in [0.29, 0.717) is 6.42 Å². The molecule has 7 heteroatoms. The lowest BCUT2D eigenvalue weighted by molar-refractivity contribution is -0.148. The molecule has 3 aromatic rings. The molecule has 37 heavy (non-hydrogen) atoms. The van der Waals surface area contributed by atoms with E-state index >= 15 is 0 Å². The van der Waals surface area contributed by atoms with E-state index < -0.39 is 25.2 Å². The Hall–Kier alpha value is -3.50. The van der Waals surface area contributed by atoms with Gasteiger partial charge in [-0.25, -0.2) is 4.79 Å². The molecule has 6 nitrogen and oxygen atoms in total. The molecule has 0 aromatic heterocycles. The molecule has 2 N–H and O–H groups in total. The molecule has 0 aliphatic carbocycles. The molecule has 0 radical (unpaired) electrons. The predicted molar refractivity (Wildman–Crippen MR) is 149 cm³/mol. The van der Waals surface area contributed by atoms with Gasteiger partial charge in [-0.2, -0.15) is 0 Å². The van der Waals surface area contributed by atoms with Crippen LogP contribution in [0.25, 0.3) is 0 Å². The van der Waals surface area contributed by atoms with Crippen molar-refractivity contribution >= 4 is 41.0 Å². The highest BCUT2D eigenvalue weighted by Crippen LogP contribution is 2.55. The Morgan fingerprint density at radius 1 is 0.784 bits per heavy atom. The summed E-state index contributed by atoms with van der Waals surface area (Å²) in [6.45, 7) is 1.85. The van der Waals surface area contributed by atoms with Gasteiger partial charge < -0.3 is 15.2 Å². The van der Waals surface area contributed by atoms with Crippen LogP contribution in [0, 0.1) is 0 Å². The van der Waals surface area contributed by atoms with Crippen LogP contribution in [-0.2, 0) is 19.1 Å². The fraction of sp³-hybridized carbons (Fsp3) is 0.300. The SMILES string of the molecule is CCOC(=O)[C@H](CCC(=O)O)NC(=O)CCCC[P+](c1ccccc1)(c1ccccc1)c1ccccc1. The maximum Gasteiger partial charge on any atom is 0.328 e. The molecule has 0 aliphatic rings. The van der Waals surface area contributed by atoms with Gasteiger partial charge in [-0.3, -0.25) is 9.59 Å². The van der Waals surface area contributed by atoms with Crippen LogP contribution in [0.15, 0.2) is 91.0 Å². The van der Waals surface area contributed by atoms with Crippen LogP contribution in [-0.4, -0.2) is 41.8 Å². The number of amides is 1. The third-order valence-corrected chi connectivity index (χ3v) is 10.8. The van der Waals surface area contributed by atoms with Crippen molar-refractivity contribution in [2.45, 2.75) is 45.1 Å². The minimum atomic E-state index is -1.96. The van der Waals surface area contributed by atoms with Crippen molar-refractivity contribution in [3.05, 3.63) is 91.0 Å². The smallest absolute Gasteiger partial charge is 0.328 e. The molecule has 0 unspecified atom stereocenters. The highest BCUT2D eigenvalue weighted by Gasteiger charge is 2.44. The van der Waals surface area contributed by atoms with Crippen LogP contribution in [0.4, 0.5) is 0 Å². The number of aliphatic carboxylic acids is 1. The minimum Gasteiger partial charge on any atom is -0.481 e. The number of carboxylic acids is 1. The van der Waals surface area contributed by atoms with Gasteiger partial charge in [0.1, 0.15) is 29.2 Å². The van der Waals surface area contributed by atoms with Crippen molar-refractivity contribution in [3.8, 4) is 0 Å². The molecule has 1 amide bonds. The van der Waals surface area contributed by atoms with Crippen LogP contribution >= 0.6 is 7.26 Å². The maximum absolute atomic E-state index is 12.7. The molecule has 3 aromatic carbocycles. The average Bonchev–Trinajstić information content (AvgIpc) is 2.92. The summed E-state index contributed by atoms with van der Waals surface area (Å²) in [6, 6.07) is 30.8. The second-order valence-electron chi connectivity index (χ2n) is 8.80. The minimum absolute atomic E-state index is 0.00453. The molecule has 0 heterocycles. The fourth-order valence-electron chi connectivity index (χ4n) is 4.54. The highest BCUT2D eigenvalue weighted by atomic mass is 31.2. The molecule has 194 valence electrons. The van der Waals surface area contributed by atoms with Crippen LogP contribution in [0.5, 0.6) is 0 Å². The summed E-state index contributed by atoms with van der Waals surface area (Å²) < 4.78 is 5.01. The van der Waals surface area contributed by atoms with Crippen LogP contribution in [0.3, 0.4) is 0 Å². The number of benzene rings is 3. The van der Waals surface area contributed by atoms with Gasteiger partial charge in [0, 0.05) is 12.8 Å². The van der Waals surface area contributed by atoms with E-state index in [2.05, 4.69) is 78.1 Å². The van der Waals surface area contributed by atoms with Crippen LogP contribution < -0.4 is 21.2 Å². The lowest BCUT2D eigenvalue weighted by Crippen LogP contribution is -2.42. The van der Waals surface area contributed by atoms with Crippen molar-refractivity contribution < 1.29 is 24.2 Å². The first-order valence-electron chi connectivity index (χ1n) is 12.7. The molecule has 0 saturated carbocycles. The lowest BCUT2D eigenvalue weighted by Gasteiger charge is -2.27. The third-order valence-electron chi connectivity index (χ3n) is 6.29. The standard InChI is InChI=1S/C30H34NO5P/c1-2-36-30(35)27(21-22-29(33)34)31-28(32)20-12-13-23-37(24-14-6-3-7-15-24,25-16-8-4-9-17-25)26-18-10-5-11-19-26/h3-11,14-19,27H,2,12-13,20-23H2,1H3,(H-,31,32,33,34)/p+1/t27-/m0/s1. The average molecular weight is 521 g/mol. The normalized spacial score (nSPS) is 11.9. The van der Waals surface area contributed by atoms with Gasteiger partial charge in [-0.1, -0.05) is 54.6 Å². The van der Waals surface area contributed by atoms with Gasteiger partial charge in [0.05, 0.1) is 12.8 Å². The summed E-state index contributed by atoms with van der Waals surface area (Å²) in [4.78, 5) is 35.8. The number of carbonyl (C=O) groups excluding carboxylic acids is 2. The van der Waals surface area contributed by atoms with Crippen LogP contribution in [0.2, 0.25) is 0 Å². The van der Waals surface area contributed by atoms with E-state index in [-0.39, 0.29) is 31.8 Å². The summed E-state index contributed by atoms with van der Waals surface area (Å²) in [5.74, 6) is -1.89. The molecular weight excluding hydrogens is 485 g/mol. The lowest BCUT2D eigenvalue weighted by atomic mass is 10.1. The Bertz CT molecular complexity index is 1040. The van der Waals surface area contributed by atoms with E-state index in [1.54, 1.807) is 6.92 Å². The predicted octanol–water partition coefficient (Wildman–Crippen LogP) is 4.06. The van der Waals surface area contributed by atoms with Crippen molar-refractivity contribution in [1.29, 1.82) is 0 Å². The number of rotatable bonds is 14. The Morgan fingerprint density at radius 3 is 1.70 bits per heavy atom. The van der Waals surface area contributed by atoms with Gasteiger partial charge in [0.25, 0.3) is 0 Å². The Kier molecular flexibility index (Phi) is 10.8. The van der Waals surface area contributed by atoms with E-state index in [1.165, 1.54) is 15.9 Å². The number of ether oxygens (including phenoxy) is 1. The Balaban J connectivity index is 1.75. The summed E-state index contributed by atoms with van der Waals surface area (Å²) in [7, 11) is -1.96.